The van der Waals surface area contributed by atoms with E-state index in [1.54, 1.807) is 0 Å². The molecule has 0 N–H and O–H groups in total. The smallest absolute Gasteiger partial charge is 0.0384 e. The summed E-state index contributed by atoms with van der Waals surface area (Å²) < 4.78 is 0. The van der Waals surface area contributed by atoms with E-state index in [-0.39, 0.29) is 0 Å². The quantitative estimate of drug-likeness (QED) is 0.485. The first-order chi connectivity index (χ1) is 4.33. The Morgan fingerprint density at radius 2 is 1.78 bits per heavy atom. The third-order valence-corrected chi connectivity index (χ3v) is 1.98. The van der Waals surface area contributed by atoms with Crippen LogP contribution in [0.2, 0.25) is 0 Å². The van der Waals surface area contributed by atoms with Gasteiger partial charge >= 0.3 is 0 Å². The molecule has 1 rings (SSSR count). The maximum absolute atomic E-state index is 3.67. The standard InChI is InChI=1S/C8H10Si/c1-2-7-3-5-8(9)6-4-7/h2-6H,1H2,9H3. The molecule has 0 aromatic heterocycles. The van der Waals surface area contributed by atoms with E-state index in [9.17, 15) is 0 Å². The average Bonchev–Trinajstić information content (AvgIpc) is 1.90. The second-order valence-corrected chi connectivity index (χ2v) is 3.27. The number of benzene rings is 1. The summed E-state index contributed by atoms with van der Waals surface area (Å²) in [7, 11) is 1.14. The fourth-order valence-electron chi connectivity index (χ4n) is 0.703. The molecule has 46 valence electrons. The van der Waals surface area contributed by atoms with Gasteiger partial charge in [-0.1, -0.05) is 42.1 Å². The summed E-state index contributed by atoms with van der Waals surface area (Å²) in [5.41, 5.74) is 1.20. The van der Waals surface area contributed by atoms with Gasteiger partial charge in [0.05, 0.1) is 0 Å². The van der Waals surface area contributed by atoms with E-state index in [0.717, 1.165) is 10.2 Å². The summed E-state index contributed by atoms with van der Waals surface area (Å²) in [5, 5.41) is 1.43. The van der Waals surface area contributed by atoms with Crippen molar-refractivity contribution in [1.29, 1.82) is 0 Å². The van der Waals surface area contributed by atoms with Crippen LogP contribution in [0, 0.1) is 0 Å². The van der Waals surface area contributed by atoms with Crippen LogP contribution >= 0.6 is 0 Å². The minimum Gasteiger partial charge on any atom is -0.0985 e. The predicted molar refractivity (Wildman–Crippen MR) is 46.1 cm³/mol. The van der Waals surface area contributed by atoms with E-state index in [1.807, 2.05) is 6.08 Å². The molecule has 0 bridgehead atoms. The van der Waals surface area contributed by atoms with Crippen LogP contribution in [0.1, 0.15) is 5.56 Å². The molecule has 9 heavy (non-hydrogen) atoms. The Morgan fingerprint density at radius 3 is 2.22 bits per heavy atom. The van der Waals surface area contributed by atoms with Gasteiger partial charge in [0.25, 0.3) is 0 Å². The molecule has 0 aliphatic rings. The van der Waals surface area contributed by atoms with E-state index in [4.69, 9.17) is 0 Å². The molecule has 0 heterocycles. The summed E-state index contributed by atoms with van der Waals surface area (Å²) in [6.45, 7) is 3.67. The fraction of sp³-hybridized carbons (Fsp3) is 0. The zero-order valence-electron chi connectivity index (χ0n) is 5.59. The van der Waals surface area contributed by atoms with Gasteiger partial charge in [0.15, 0.2) is 0 Å². The third kappa shape index (κ3) is 1.54. The van der Waals surface area contributed by atoms with Crippen LogP contribution in [0.3, 0.4) is 0 Å². The number of hydrogen-bond acceptors (Lipinski definition) is 0. The first-order valence-corrected chi connectivity index (χ1v) is 4.02. The van der Waals surface area contributed by atoms with Crippen LogP contribution in [-0.2, 0) is 0 Å². The van der Waals surface area contributed by atoms with Crippen LogP contribution in [0.5, 0.6) is 0 Å². The molecule has 1 aromatic rings. The van der Waals surface area contributed by atoms with Gasteiger partial charge in [-0.3, -0.25) is 0 Å². The Labute approximate surface area is 58.6 Å². The Balaban J connectivity index is 3.01. The molecule has 1 aromatic carbocycles. The molecule has 0 spiro atoms. The van der Waals surface area contributed by atoms with Crippen molar-refractivity contribution in [2.75, 3.05) is 0 Å². The molecule has 0 saturated heterocycles. The molecule has 0 fully saturated rings. The van der Waals surface area contributed by atoms with Crippen molar-refractivity contribution >= 4 is 21.5 Å². The lowest BCUT2D eigenvalue weighted by Gasteiger charge is -1.91. The Morgan fingerprint density at radius 1 is 1.22 bits per heavy atom. The van der Waals surface area contributed by atoms with Gasteiger partial charge in [0.1, 0.15) is 0 Å². The zero-order chi connectivity index (χ0) is 6.69. The highest BCUT2D eigenvalue weighted by Crippen LogP contribution is 1.95. The highest BCUT2D eigenvalue weighted by molar-refractivity contribution is 6.32. The zero-order valence-corrected chi connectivity index (χ0v) is 7.59. The van der Waals surface area contributed by atoms with E-state index < -0.39 is 0 Å². The van der Waals surface area contributed by atoms with Crippen molar-refractivity contribution in [3.05, 3.63) is 36.4 Å². The lowest BCUT2D eigenvalue weighted by Crippen LogP contribution is -1.98. The molecule has 0 saturated carbocycles. The average molecular weight is 134 g/mol. The molecular formula is C8H10Si. The fourth-order valence-corrected chi connectivity index (χ4v) is 1.04. The predicted octanol–water partition coefficient (Wildman–Crippen LogP) is 0.320. The summed E-state index contributed by atoms with van der Waals surface area (Å²) in [6, 6.07) is 8.47. The van der Waals surface area contributed by atoms with Gasteiger partial charge in [0.2, 0.25) is 0 Å². The third-order valence-electron chi connectivity index (χ3n) is 1.31. The summed E-state index contributed by atoms with van der Waals surface area (Å²) in [5.74, 6) is 0. The van der Waals surface area contributed by atoms with Crippen LogP contribution < -0.4 is 5.19 Å². The summed E-state index contributed by atoms with van der Waals surface area (Å²) in [6.07, 6.45) is 1.86. The second kappa shape index (κ2) is 2.64. The highest BCUT2D eigenvalue weighted by atomic mass is 28.1. The van der Waals surface area contributed by atoms with Crippen LogP contribution in [0.25, 0.3) is 6.08 Å². The van der Waals surface area contributed by atoms with Gasteiger partial charge < -0.3 is 0 Å². The van der Waals surface area contributed by atoms with Crippen molar-refractivity contribution in [3.8, 4) is 0 Å². The van der Waals surface area contributed by atoms with E-state index in [0.29, 0.717) is 0 Å². The molecule has 0 amide bonds. The SMILES string of the molecule is C=Cc1ccc([SiH3])cc1. The normalized spacial score (nSPS) is 9.33. The van der Waals surface area contributed by atoms with Crippen LogP contribution in [0.15, 0.2) is 30.8 Å². The van der Waals surface area contributed by atoms with Crippen molar-refractivity contribution in [1.82, 2.24) is 0 Å². The highest BCUT2D eigenvalue weighted by Gasteiger charge is 1.82. The van der Waals surface area contributed by atoms with Gasteiger partial charge in [0, 0.05) is 10.2 Å². The molecule has 0 nitrogen and oxygen atoms in total. The summed E-state index contributed by atoms with van der Waals surface area (Å²) in [4.78, 5) is 0. The van der Waals surface area contributed by atoms with Crippen molar-refractivity contribution < 1.29 is 0 Å². The molecule has 0 aliphatic carbocycles. The Hall–Kier alpha value is -0.823. The Bertz CT molecular complexity index is 198. The van der Waals surface area contributed by atoms with Crippen molar-refractivity contribution in [2.45, 2.75) is 0 Å². The minimum absolute atomic E-state index is 1.14. The monoisotopic (exact) mass is 134 g/mol. The number of hydrogen-bond donors (Lipinski definition) is 0. The molecule has 0 radical (unpaired) electrons. The first-order valence-electron chi connectivity index (χ1n) is 3.02. The lowest BCUT2D eigenvalue weighted by atomic mass is 10.2. The molecule has 0 atom stereocenters. The van der Waals surface area contributed by atoms with E-state index in [1.165, 1.54) is 10.8 Å². The molecule has 0 aliphatic heterocycles. The molecular weight excluding hydrogens is 124 g/mol. The minimum atomic E-state index is 1.14. The van der Waals surface area contributed by atoms with E-state index >= 15 is 0 Å². The van der Waals surface area contributed by atoms with Gasteiger partial charge in [-0.05, 0) is 5.56 Å². The Kier molecular flexibility index (Phi) is 1.85. The second-order valence-electron chi connectivity index (χ2n) is 2.11. The maximum Gasteiger partial charge on any atom is 0.0384 e. The maximum atomic E-state index is 3.67. The van der Waals surface area contributed by atoms with Crippen molar-refractivity contribution in [2.24, 2.45) is 0 Å². The van der Waals surface area contributed by atoms with Crippen molar-refractivity contribution in [3.63, 3.8) is 0 Å². The lowest BCUT2D eigenvalue weighted by molar-refractivity contribution is 1.71. The van der Waals surface area contributed by atoms with Gasteiger partial charge in [-0.15, -0.1) is 0 Å². The van der Waals surface area contributed by atoms with Gasteiger partial charge in [-0.2, -0.15) is 0 Å². The topological polar surface area (TPSA) is 0 Å². The molecule has 0 unspecified atom stereocenters. The largest absolute Gasteiger partial charge is 0.0985 e. The van der Waals surface area contributed by atoms with E-state index in [2.05, 4.69) is 30.8 Å². The van der Waals surface area contributed by atoms with Crippen LogP contribution in [0.4, 0.5) is 0 Å². The van der Waals surface area contributed by atoms with Crippen LogP contribution in [-0.4, -0.2) is 10.2 Å². The van der Waals surface area contributed by atoms with Gasteiger partial charge in [-0.25, -0.2) is 0 Å². The first kappa shape index (κ1) is 6.30. The number of rotatable bonds is 1. The summed E-state index contributed by atoms with van der Waals surface area (Å²) >= 11 is 0. The molecule has 1 heteroatoms.